The van der Waals surface area contributed by atoms with Crippen molar-refractivity contribution in [3.8, 4) is 0 Å². The van der Waals surface area contributed by atoms with E-state index in [0.29, 0.717) is 6.04 Å². The molecule has 0 aliphatic carbocycles. The van der Waals surface area contributed by atoms with Gasteiger partial charge in [-0.05, 0) is 49.6 Å². The molecule has 0 aliphatic rings. The Balaban J connectivity index is 1.99. The van der Waals surface area contributed by atoms with E-state index in [9.17, 15) is 0 Å². The van der Waals surface area contributed by atoms with Crippen molar-refractivity contribution in [1.82, 2.24) is 10.3 Å². The average molecular weight is 240 g/mol. The normalized spacial score (nSPS) is 12.4. The van der Waals surface area contributed by atoms with Crippen LogP contribution in [0.3, 0.4) is 0 Å². The summed E-state index contributed by atoms with van der Waals surface area (Å²) in [5, 5.41) is 3.55. The summed E-state index contributed by atoms with van der Waals surface area (Å²) in [6.45, 7) is 7.37. The maximum absolute atomic E-state index is 4.04. The van der Waals surface area contributed by atoms with Crippen molar-refractivity contribution < 1.29 is 0 Å². The molecular weight excluding hydrogens is 220 g/mol. The first-order valence-electron chi connectivity index (χ1n) is 6.36. The summed E-state index contributed by atoms with van der Waals surface area (Å²) in [4.78, 5) is 4.04. The zero-order valence-corrected chi connectivity index (χ0v) is 11.3. The van der Waals surface area contributed by atoms with E-state index in [0.717, 1.165) is 6.54 Å². The highest BCUT2D eigenvalue weighted by molar-refractivity contribution is 5.30. The molecule has 1 heterocycles. The molecule has 0 radical (unpaired) electrons. The number of pyridine rings is 1. The lowest BCUT2D eigenvalue weighted by Crippen LogP contribution is -2.18. The van der Waals surface area contributed by atoms with Crippen LogP contribution in [0.15, 0.2) is 42.7 Å². The van der Waals surface area contributed by atoms with Gasteiger partial charge in [0.25, 0.3) is 0 Å². The topological polar surface area (TPSA) is 24.9 Å². The van der Waals surface area contributed by atoms with Gasteiger partial charge in [0.2, 0.25) is 0 Å². The molecular formula is C16H20N2. The van der Waals surface area contributed by atoms with Gasteiger partial charge in [0, 0.05) is 25.0 Å². The first kappa shape index (κ1) is 12.8. The Hall–Kier alpha value is -1.67. The minimum Gasteiger partial charge on any atom is -0.306 e. The molecule has 1 unspecified atom stereocenters. The summed E-state index contributed by atoms with van der Waals surface area (Å²) < 4.78 is 0. The Morgan fingerprint density at radius 1 is 1.11 bits per heavy atom. The zero-order chi connectivity index (χ0) is 13.0. The van der Waals surface area contributed by atoms with Gasteiger partial charge in [-0.1, -0.05) is 23.8 Å². The molecule has 1 N–H and O–H groups in total. The van der Waals surface area contributed by atoms with E-state index < -0.39 is 0 Å². The summed E-state index contributed by atoms with van der Waals surface area (Å²) in [5.41, 5.74) is 5.30. The summed E-state index contributed by atoms with van der Waals surface area (Å²) in [6, 6.07) is 11.1. The predicted octanol–water partition coefficient (Wildman–Crippen LogP) is 3.55. The van der Waals surface area contributed by atoms with Crippen molar-refractivity contribution in [3.63, 3.8) is 0 Å². The fourth-order valence-electron chi connectivity index (χ4n) is 2.08. The largest absolute Gasteiger partial charge is 0.306 e. The van der Waals surface area contributed by atoms with Crippen molar-refractivity contribution in [2.45, 2.75) is 33.4 Å². The van der Waals surface area contributed by atoms with Gasteiger partial charge in [0.1, 0.15) is 0 Å². The van der Waals surface area contributed by atoms with E-state index in [1.165, 1.54) is 22.3 Å². The molecule has 0 spiro atoms. The fraction of sp³-hybridized carbons (Fsp3) is 0.312. The molecule has 0 bridgehead atoms. The Morgan fingerprint density at radius 3 is 2.50 bits per heavy atom. The van der Waals surface area contributed by atoms with Crippen molar-refractivity contribution in [2.24, 2.45) is 0 Å². The van der Waals surface area contributed by atoms with E-state index in [4.69, 9.17) is 0 Å². The molecule has 0 saturated heterocycles. The zero-order valence-electron chi connectivity index (χ0n) is 11.3. The number of aryl methyl sites for hydroxylation is 2. The average Bonchev–Trinajstić information content (AvgIpc) is 2.38. The van der Waals surface area contributed by atoms with Crippen LogP contribution in [-0.4, -0.2) is 4.98 Å². The highest BCUT2D eigenvalue weighted by atomic mass is 14.9. The fourth-order valence-corrected chi connectivity index (χ4v) is 2.08. The van der Waals surface area contributed by atoms with Gasteiger partial charge in [-0.15, -0.1) is 0 Å². The maximum atomic E-state index is 4.04. The highest BCUT2D eigenvalue weighted by Crippen LogP contribution is 2.14. The van der Waals surface area contributed by atoms with Crippen molar-refractivity contribution in [3.05, 3.63) is 65.0 Å². The van der Waals surface area contributed by atoms with Crippen molar-refractivity contribution in [1.29, 1.82) is 0 Å². The van der Waals surface area contributed by atoms with Crippen LogP contribution in [0.5, 0.6) is 0 Å². The lowest BCUT2D eigenvalue weighted by molar-refractivity contribution is 0.573. The van der Waals surface area contributed by atoms with E-state index in [2.05, 4.69) is 61.4 Å². The Morgan fingerprint density at radius 2 is 1.83 bits per heavy atom. The number of hydrogen-bond donors (Lipinski definition) is 1. The van der Waals surface area contributed by atoms with Crippen LogP contribution in [-0.2, 0) is 6.54 Å². The number of hydrogen-bond acceptors (Lipinski definition) is 2. The van der Waals surface area contributed by atoms with Crippen LogP contribution < -0.4 is 5.32 Å². The Kier molecular flexibility index (Phi) is 4.11. The highest BCUT2D eigenvalue weighted by Gasteiger charge is 2.05. The number of aromatic nitrogens is 1. The minimum atomic E-state index is 0.341. The molecule has 2 rings (SSSR count). The van der Waals surface area contributed by atoms with Crippen LogP contribution in [0.1, 0.15) is 35.2 Å². The Bertz CT molecular complexity index is 506. The molecule has 0 saturated carbocycles. The van der Waals surface area contributed by atoms with Crippen molar-refractivity contribution in [2.75, 3.05) is 0 Å². The molecule has 18 heavy (non-hydrogen) atoms. The van der Waals surface area contributed by atoms with Gasteiger partial charge < -0.3 is 5.32 Å². The SMILES string of the molecule is Cc1ccc(CNC(C)c2ccncc2)c(C)c1. The van der Waals surface area contributed by atoms with E-state index in [1.54, 1.807) is 0 Å². The van der Waals surface area contributed by atoms with E-state index in [-0.39, 0.29) is 0 Å². The second kappa shape index (κ2) is 5.78. The molecule has 2 nitrogen and oxygen atoms in total. The first-order chi connectivity index (χ1) is 8.66. The molecule has 1 atom stereocenters. The van der Waals surface area contributed by atoms with Crippen LogP contribution >= 0.6 is 0 Å². The number of benzene rings is 1. The third-order valence-electron chi connectivity index (χ3n) is 3.30. The second-order valence-corrected chi connectivity index (χ2v) is 4.81. The first-order valence-corrected chi connectivity index (χ1v) is 6.36. The van der Waals surface area contributed by atoms with Crippen LogP contribution in [0, 0.1) is 13.8 Å². The number of rotatable bonds is 4. The molecule has 0 amide bonds. The monoisotopic (exact) mass is 240 g/mol. The summed E-state index contributed by atoms with van der Waals surface area (Å²) in [7, 11) is 0. The maximum Gasteiger partial charge on any atom is 0.0296 e. The molecule has 94 valence electrons. The van der Waals surface area contributed by atoms with Gasteiger partial charge >= 0.3 is 0 Å². The quantitative estimate of drug-likeness (QED) is 0.884. The summed E-state index contributed by atoms with van der Waals surface area (Å²) in [6.07, 6.45) is 3.68. The van der Waals surface area contributed by atoms with E-state index in [1.807, 2.05) is 12.4 Å². The van der Waals surface area contributed by atoms with Gasteiger partial charge in [0.05, 0.1) is 0 Å². The smallest absolute Gasteiger partial charge is 0.0296 e. The standard InChI is InChI=1S/C16H20N2/c1-12-4-5-16(13(2)10-12)11-18-14(3)15-6-8-17-9-7-15/h4-10,14,18H,11H2,1-3H3. The van der Waals surface area contributed by atoms with Crippen LogP contribution in [0.2, 0.25) is 0 Å². The molecule has 2 heteroatoms. The molecule has 1 aromatic heterocycles. The van der Waals surface area contributed by atoms with Crippen molar-refractivity contribution >= 4 is 0 Å². The van der Waals surface area contributed by atoms with Crippen LogP contribution in [0.4, 0.5) is 0 Å². The van der Waals surface area contributed by atoms with Gasteiger partial charge in [-0.25, -0.2) is 0 Å². The summed E-state index contributed by atoms with van der Waals surface area (Å²) in [5.74, 6) is 0. The number of nitrogens with zero attached hydrogens (tertiary/aromatic N) is 1. The number of nitrogens with one attached hydrogen (secondary N) is 1. The van der Waals surface area contributed by atoms with Gasteiger partial charge in [-0.3, -0.25) is 4.98 Å². The third kappa shape index (κ3) is 3.17. The molecule has 0 aliphatic heterocycles. The molecule has 0 fully saturated rings. The van der Waals surface area contributed by atoms with E-state index >= 15 is 0 Å². The molecule has 1 aromatic carbocycles. The second-order valence-electron chi connectivity index (χ2n) is 4.81. The predicted molar refractivity (Wildman–Crippen MR) is 75.4 cm³/mol. The lowest BCUT2D eigenvalue weighted by Gasteiger charge is -2.15. The van der Waals surface area contributed by atoms with Gasteiger partial charge in [0.15, 0.2) is 0 Å². The minimum absolute atomic E-state index is 0.341. The third-order valence-corrected chi connectivity index (χ3v) is 3.30. The Labute approximate surface area is 109 Å². The molecule has 2 aromatic rings. The van der Waals surface area contributed by atoms with Gasteiger partial charge in [-0.2, -0.15) is 0 Å². The summed E-state index contributed by atoms with van der Waals surface area (Å²) >= 11 is 0. The lowest BCUT2D eigenvalue weighted by atomic mass is 10.0. The van der Waals surface area contributed by atoms with Crippen LogP contribution in [0.25, 0.3) is 0 Å².